The number of halogens is 1. The zero-order valence-electron chi connectivity index (χ0n) is 11.1. The molecule has 1 aromatic heterocycles. The predicted octanol–water partition coefficient (Wildman–Crippen LogP) is 4.84. The summed E-state index contributed by atoms with van der Waals surface area (Å²) in [7, 11) is 0. The fourth-order valence-electron chi connectivity index (χ4n) is 2.67. The second kappa shape index (κ2) is 5.21. The van der Waals surface area contributed by atoms with Crippen LogP contribution in [0.3, 0.4) is 0 Å². The van der Waals surface area contributed by atoms with Gasteiger partial charge < -0.3 is 9.55 Å². The molecule has 20 heavy (non-hydrogen) atoms. The van der Waals surface area contributed by atoms with Crippen LogP contribution in [0.5, 0.6) is 0 Å². The molecular formula is C16H15FN2S. The third-order valence-corrected chi connectivity index (χ3v) is 3.88. The molecule has 0 spiro atoms. The molecule has 4 heteroatoms. The van der Waals surface area contributed by atoms with Crippen molar-refractivity contribution in [3.63, 3.8) is 0 Å². The predicted molar refractivity (Wildman–Crippen MR) is 82.0 cm³/mol. The minimum absolute atomic E-state index is 0.110. The standard InChI is InChI=1S/C16H15FN2S/c1-2-13(11-7-4-3-5-8-11)19-14-10-6-9-12(17)15(14)18-16(19)20/h3-10,13H,2H2,1H3,(H,18,20). The summed E-state index contributed by atoms with van der Waals surface area (Å²) in [5.41, 5.74) is 2.47. The van der Waals surface area contributed by atoms with Gasteiger partial charge in [0.05, 0.1) is 11.6 Å². The molecule has 0 saturated heterocycles. The topological polar surface area (TPSA) is 20.7 Å². The maximum absolute atomic E-state index is 13.9. The highest BCUT2D eigenvalue weighted by Gasteiger charge is 2.17. The first-order valence-corrected chi connectivity index (χ1v) is 7.07. The van der Waals surface area contributed by atoms with E-state index in [4.69, 9.17) is 12.2 Å². The van der Waals surface area contributed by atoms with E-state index in [2.05, 4.69) is 24.0 Å². The molecule has 3 rings (SSSR count). The van der Waals surface area contributed by atoms with E-state index in [0.717, 1.165) is 11.9 Å². The molecule has 1 heterocycles. The fourth-order valence-corrected chi connectivity index (χ4v) is 2.99. The van der Waals surface area contributed by atoms with E-state index in [9.17, 15) is 4.39 Å². The molecule has 2 aromatic carbocycles. The number of fused-ring (bicyclic) bond motifs is 1. The molecule has 1 N–H and O–H groups in total. The highest BCUT2D eigenvalue weighted by atomic mass is 32.1. The highest BCUT2D eigenvalue weighted by molar-refractivity contribution is 7.71. The summed E-state index contributed by atoms with van der Waals surface area (Å²) in [5.74, 6) is -0.268. The summed E-state index contributed by atoms with van der Waals surface area (Å²) >= 11 is 5.40. The number of aromatic nitrogens is 2. The normalized spacial score (nSPS) is 12.7. The summed E-state index contributed by atoms with van der Waals surface area (Å²) in [5, 5.41) is 0. The van der Waals surface area contributed by atoms with Crippen LogP contribution in [0, 0.1) is 10.6 Å². The molecule has 0 aliphatic carbocycles. The molecule has 0 amide bonds. The number of hydrogen-bond acceptors (Lipinski definition) is 1. The maximum atomic E-state index is 13.9. The van der Waals surface area contributed by atoms with Crippen LogP contribution in [0.1, 0.15) is 24.9 Å². The molecule has 0 aliphatic heterocycles. The zero-order valence-corrected chi connectivity index (χ0v) is 12.0. The first-order chi connectivity index (χ1) is 9.72. The minimum atomic E-state index is -0.268. The summed E-state index contributed by atoms with van der Waals surface area (Å²) < 4.78 is 16.4. The molecule has 3 aromatic rings. The Morgan fingerprint density at radius 1 is 1.15 bits per heavy atom. The first-order valence-electron chi connectivity index (χ1n) is 6.66. The van der Waals surface area contributed by atoms with Gasteiger partial charge >= 0.3 is 0 Å². The van der Waals surface area contributed by atoms with Crippen LogP contribution in [-0.4, -0.2) is 9.55 Å². The summed E-state index contributed by atoms with van der Waals surface area (Å²) in [6, 6.07) is 15.3. The van der Waals surface area contributed by atoms with Crippen LogP contribution in [0.25, 0.3) is 11.0 Å². The van der Waals surface area contributed by atoms with Gasteiger partial charge in [0.2, 0.25) is 0 Å². The molecule has 0 bridgehead atoms. The monoisotopic (exact) mass is 286 g/mol. The SMILES string of the molecule is CCC(c1ccccc1)n1c(=S)[nH]c2c(F)cccc21. The Bertz CT molecular complexity index is 789. The Kier molecular flexibility index (Phi) is 3.40. The van der Waals surface area contributed by atoms with Gasteiger partial charge in [0.15, 0.2) is 4.77 Å². The number of nitrogens with one attached hydrogen (secondary N) is 1. The third kappa shape index (κ3) is 2.06. The van der Waals surface area contributed by atoms with Crippen LogP contribution in [0.15, 0.2) is 48.5 Å². The number of nitrogens with zero attached hydrogens (tertiary/aromatic N) is 1. The largest absolute Gasteiger partial charge is 0.328 e. The molecule has 1 unspecified atom stereocenters. The van der Waals surface area contributed by atoms with E-state index in [1.165, 1.54) is 11.6 Å². The molecular weight excluding hydrogens is 271 g/mol. The molecule has 1 atom stereocenters. The summed E-state index contributed by atoms with van der Waals surface area (Å²) in [6.45, 7) is 2.11. The van der Waals surface area contributed by atoms with Crippen molar-refractivity contribution in [3.05, 3.63) is 64.7 Å². The number of H-pyrrole nitrogens is 1. The van der Waals surface area contributed by atoms with Gasteiger partial charge in [-0.1, -0.05) is 43.3 Å². The van der Waals surface area contributed by atoms with Gasteiger partial charge in [-0.2, -0.15) is 0 Å². The lowest BCUT2D eigenvalue weighted by Gasteiger charge is -2.18. The van der Waals surface area contributed by atoms with Gasteiger partial charge in [0.1, 0.15) is 11.3 Å². The van der Waals surface area contributed by atoms with Gasteiger partial charge in [-0.3, -0.25) is 0 Å². The summed E-state index contributed by atoms with van der Waals surface area (Å²) in [6.07, 6.45) is 0.891. The van der Waals surface area contributed by atoms with Crippen molar-refractivity contribution < 1.29 is 4.39 Å². The fraction of sp³-hybridized carbons (Fsp3) is 0.188. The smallest absolute Gasteiger partial charge is 0.178 e. The third-order valence-electron chi connectivity index (χ3n) is 3.58. The van der Waals surface area contributed by atoms with E-state index >= 15 is 0 Å². The Labute approximate surface area is 121 Å². The molecule has 0 fully saturated rings. The average Bonchev–Trinajstić information content (AvgIpc) is 2.80. The van der Waals surface area contributed by atoms with Crippen LogP contribution in [-0.2, 0) is 0 Å². The number of rotatable bonds is 3. The van der Waals surface area contributed by atoms with Crippen molar-refractivity contribution in [2.45, 2.75) is 19.4 Å². The van der Waals surface area contributed by atoms with E-state index in [1.807, 2.05) is 28.8 Å². The van der Waals surface area contributed by atoms with Gasteiger partial charge in [0, 0.05) is 0 Å². The van der Waals surface area contributed by atoms with Crippen molar-refractivity contribution in [1.29, 1.82) is 0 Å². The molecule has 102 valence electrons. The number of benzene rings is 2. The van der Waals surface area contributed by atoms with Crippen molar-refractivity contribution in [1.82, 2.24) is 9.55 Å². The number of aromatic amines is 1. The van der Waals surface area contributed by atoms with Crippen LogP contribution in [0.4, 0.5) is 4.39 Å². The van der Waals surface area contributed by atoms with E-state index in [0.29, 0.717) is 10.3 Å². The lowest BCUT2D eigenvalue weighted by Crippen LogP contribution is -2.09. The van der Waals surface area contributed by atoms with Gasteiger partial charge in [-0.05, 0) is 36.3 Å². The van der Waals surface area contributed by atoms with Crippen LogP contribution < -0.4 is 0 Å². The minimum Gasteiger partial charge on any atom is -0.328 e. The summed E-state index contributed by atoms with van der Waals surface area (Å²) in [4.78, 5) is 2.98. The molecule has 0 radical (unpaired) electrons. The quantitative estimate of drug-likeness (QED) is 0.683. The van der Waals surface area contributed by atoms with Gasteiger partial charge in [-0.15, -0.1) is 0 Å². The number of hydrogen-bond donors (Lipinski definition) is 1. The maximum Gasteiger partial charge on any atom is 0.178 e. The van der Waals surface area contributed by atoms with Crippen molar-refractivity contribution in [2.75, 3.05) is 0 Å². The molecule has 0 aliphatic rings. The Hall–Kier alpha value is -1.94. The Morgan fingerprint density at radius 2 is 1.90 bits per heavy atom. The van der Waals surface area contributed by atoms with E-state index in [1.54, 1.807) is 6.07 Å². The molecule has 2 nitrogen and oxygen atoms in total. The van der Waals surface area contributed by atoms with Crippen molar-refractivity contribution >= 4 is 23.3 Å². The van der Waals surface area contributed by atoms with Gasteiger partial charge in [0.25, 0.3) is 0 Å². The number of para-hydroxylation sites is 1. The zero-order chi connectivity index (χ0) is 14.1. The van der Waals surface area contributed by atoms with Crippen molar-refractivity contribution in [2.24, 2.45) is 0 Å². The lowest BCUT2D eigenvalue weighted by atomic mass is 10.0. The van der Waals surface area contributed by atoms with Crippen LogP contribution in [0.2, 0.25) is 0 Å². The highest BCUT2D eigenvalue weighted by Crippen LogP contribution is 2.28. The first kappa shape index (κ1) is 13.1. The second-order valence-electron chi connectivity index (χ2n) is 4.77. The lowest BCUT2D eigenvalue weighted by molar-refractivity contribution is 0.575. The number of imidazole rings is 1. The Morgan fingerprint density at radius 3 is 2.60 bits per heavy atom. The Balaban J connectivity index is 2.25. The van der Waals surface area contributed by atoms with E-state index in [-0.39, 0.29) is 11.9 Å². The van der Waals surface area contributed by atoms with Gasteiger partial charge in [-0.25, -0.2) is 4.39 Å². The van der Waals surface area contributed by atoms with Crippen molar-refractivity contribution in [3.8, 4) is 0 Å². The molecule has 0 saturated carbocycles. The second-order valence-corrected chi connectivity index (χ2v) is 5.16. The van der Waals surface area contributed by atoms with E-state index < -0.39 is 0 Å². The van der Waals surface area contributed by atoms with Crippen LogP contribution >= 0.6 is 12.2 Å². The average molecular weight is 286 g/mol.